The van der Waals surface area contributed by atoms with E-state index in [4.69, 9.17) is 10.2 Å². The Kier molecular flexibility index (Phi) is 4.19. The summed E-state index contributed by atoms with van der Waals surface area (Å²) in [5.41, 5.74) is 8.53. The van der Waals surface area contributed by atoms with E-state index in [1.165, 1.54) is 4.90 Å². The Labute approximate surface area is 155 Å². The lowest BCUT2D eigenvalue weighted by Crippen LogP contribution is -2.37. The van der Waals surface area contributed by atoms with Gasteiger partial charge in [-0.05, 0) is 18.6 Å². The van der Waals surface area contributed by atoms with Gasteiger partial charge in [-0.15, -0.1) is 5.10 Å². The SMILES string of the molecule is CN(C)C(=O)c1ccc(-c2c[nH+]c(N)c(-c3nnc(N4CCC4)o3)n2)cc1. The topological polar surface area (TPSA) is 116 Å². The van der Waals surface area contributed by atoms with E-state index >= 15 is 0 Å². The van der Waals surface area contributed by atoms with Crippen molar-refractivity contribution in [2.45, 2.75) is 6.42 Å². The molecular weight excluding hydrogens is 346 g/mol. The number of hydrogen-bond donors (Lipinski definition) is 1. The van der Waals surface area contributed by atoms with E-state index in [1.54, 1.807) is 32.4 Å². The number of aromatic amines is 1. The first-order chi connectivity index (χ1) is 13.0. The van der Waals surface area contributed by atoms with Gasteiger partial charge >= 0.3 is 11.8 Å². The van der Waals surface area contributed by atoms with Crippen LogP contribution in [0.25, 0.3) is 22.8 Å². The largest absolute Gasteiger partial charge is 0.401 e. The van der Waals surface area contributed by atoms with E-state index in [-0.39, 0.29) is 11.8 Å². The molecule has 1 amide bonds. The minimum atomic E-state index is -0.0524. The van der Waals surface area contributed by atoms with E-state index in [1.807, 2.05) is 17.0 Å². The highest BCUT2D eigenvalue weighted by Gasteiger charge is 2.24. The fourth-order valence-electron chi connectivity index (χ4n) is 2.73. The summed E-state index contributed by atoms with van der Waals surface area (Å²) in [5.74, 6) is 0.562. The molecule has 27 heavy (non-hydrogen) atoms. The Balaban J connectivity index is 1.64. The van der Waals surface area contributed by atoms with Crippen molar-refractivity contribution in [3.8, 4) is 22.8 Å². The Morgan fingerprint density at radius 2 is 1.96 bits per heavy atom. The molecule has 2 aromatic heterocycles. The molecule has 138 valence electrons. The lowest BCUT2D eigenvalue weighted by molar-refractivity contribution is -0.359. The molecule has 0 atom stereocenters. The number of nitrogen functional groups attached to an aromatic ring is 1. The molecule has 1 aromatic carbocycles. The summed E-state index contributed by atoms with van der Waals surface area (Å²) >= 11 is 0. The number of carbonyl (C=O) groups excluding carboxylic acids is 1. The monoisotopic (exact) mass is 366 g/mol. The number of H-pyrrole nitrogens is 1. The molecule has 1 saturated heterocycles. The second-order valence-electron chi connectivity index (χ2n) is 6.56. The van der Waals surface area contributed by atoms with Crippen molar-refractivity contribution >= 4 is 17.7 Å². The van der Waals surface area contributed by atoms with Gasteiger partial charge in [-0.2, -0.15) is 0 Å². The summed E-state index contributed by atoms with van der Waals surface area (Å²) in [5, 5.41) is 8.13. The molecular formula is C18H20N7O2+. The fourth-order valence-corrected chi connectivity index (χ4v) is 2.73. The molecule has 1 fully saturated rings. The molecule has 3 heterocycles. The lowest BCUT2D eigenvalue weighted by Gasteiger charge is -2.28. The molecule has 9 heteroatoms. The first kappa shape index (κ1) is 17.0. The van der Waals surface area contributed by atoms with E-state index in [0.717, 1.165) is 25.1 Å². The van der Waals surface area contributed by atoms with Crippen LogP contribution in [-0.4, -0.2) is 53.2 Å². The summed E-state index contributed by atoms with van der Waals surface area (Å²) in [4.78, 5) is 23.1. The highest BCUT2D eigenvalue weighted by Crippen LogP contribution is 2.27. The van der Waals surface area contributed by atoms with Crippen molar-refractivity contribution < 1.29 is 14.2 Å². The van der Waals surface area contributed by atoms with Crippen molar-refractivity contribution in [1.29, 1.82) is 0 Å². The predicted molar refractivity (Wildman–Crippen MR) is 98.8 cm³/mol. The van der Waals surface area contributed by atoms with Gasteiger partial charge in [0.25, 0.3) is 11.8 Å². The first-order valence-corrected chi connectivity index (χ1v) is 8.62. The van der Waals surface area contributed by atoms with Gasteiger partial charge in [0, 0.05) is 38.3 Å². The molecule has 0 bridgehead atoms. The summed E-state index contributed by atoms with van der Waals surface area (Å²) in [6.45, 7) is 1.82. The molecule has 0 radical (unpaired) electrons. The van der Waals surface area contributed by atoms with Gasteiger partial charge in [-0.1, -0.05) is 17.2 Å². The van der Waals surface area contributed by atoms with Crippen LogP contribution in [0.4, 0.5) is 11.8 Å². The fraction of sp³-hybridized carbons (Fsp3) is 0.278. The molecule has 3 N–H and O–H groups in total. The maximum Gasteiger partial charge on any atom is 0.318 e. The Morgan fingerprint density at radius 1 is 1.22 bits per heavy atom. The molecule has 0 aliphatic carbocycles. The lowest BCUT2D eigenvalue weighted by atomic mass is 10.1. The smallest absolute Gasteiger partial charge is 0.318 e. The summed E-state index contributed by atoms with van der Waals surface area (Å²) < 4.78 is 5.71. The van der Waals surface area contributed by atoms with Crippen molar-refractivity contribution in [2.75, 3.05) is 37.8 Å². The summed E-state index contributed by atoms with van der Waals surface area (Å²) in [6, 6.07) is 7.70. The number of nitrogens with two attached hydrogens (primary N) is 1. The van der Waals surface area contributed by atoms with E-state index in [2.05, 4.69) is 20.2 Å². The third kappa shape index (κ3) is 3.19. The average molecular weight is 366 g/mol. The second kappa shape index (κ2) is 6.67. The Hall–Kier alpha value is -3.49. The number of rotatable bonds is 4. The highest BCUT2D eigenvalue weighted by atomic mass is 16.4. The number of nitrogens with zero attached hydrogens (tertiary/aromatic N) is 5. The zero-order chi connectivity index (χ0) is 19.0. The molecule has 9 nitrogen and oxygen atoms in total. The van der Waals surface area contributed by atoms with E-state index in [9.17, 15) is 4.79 Å². The number of amides is 1. The Bertz CT molecular complexity index is 978. The van der Waals surface area contributed by atoms with Crippen LogP contribution in [0.15, 0.2) is 34.9 Å². The molecule has 3 aromatic rings. The number of benzene rings is 1. The van der Waals surface area contributed by atoms with Gasteiger partial charge in [-0.25, -0.2) is 9.97 Å². The number of hydrogen-bond acceptors (Lipinski definition) is 7. The maximum atomic E-state index is 12.0. The van der Waals surface area contributed by atoms with Gasteiger partial charge < -0.3 is 14.2 Å². The highest BCUT2D eigenvalue weighted by molar-refractivity contribution is 5.94. The number of anilines is 2. The van der Waals surface area contributed by atoms with Crippen LogP contribution < -0.4 is 15.6 Å². The van der Waals surface area contributed by atoms with E-state index < -0.39 is 0 Å². The minimum Gasteiger partial charge on any atom is -0.401 e. The minimum absolute atomic E-state index is 0.0524. The van der Waals surface area contributed by atoms with Crippen LogP contribution in [0.5, 0.6) is 0 Å². The van der Waals surface area contributed by atoms with Crippen LogP contribution in [0.2, 0.25) is 0 Å². The van der Waals surface area contributed by atoms with Crippen molar-refractivity contribution in [3.63, 3.8) is 0 Å². The molecule has 1 aliphatic heterocycles. The normalized spacial score (nSPS) is 13.3. The summed E-state index contributed by atoms with van der Waals surface area (Å²) in [7, 11) is 3.44. The molecule has 0 saturated carbocycles. The van der Waals surface area contributed by atoms with Crippen molar-refractivity contribution in [2.24, 2.45) is 0 Å². The molecule has 0 spiro atoms. The molecule has 1 aliphatic rings. The zero-order valence-corrected chi connectivity index (χ0v) is 15.1. The van der Waals surface area contributed by atoms with Gasteiger partial charge in [0.15, 0.2) is 0 Å². The molecule has 0 unspecified atom stereocenters. The van der Waals surface area contributed by atoms with Crippen LogP contribution in [-0.2, 0) is 0 Å². The second-order valence-corrected chi connectivity index (χ2v) is 6.56. The number of carbonyl (C=O) groups is 1. The Morgan fingerprint density at radius 3 is 2.59 bits per heavy atom. The van der Waals surface area contributed by atoms with Crippen LogP contribution in [0.1, 0.15) is 16.8 Å². The number of nitrogens with one attached hydrogen (secondary N) is 1. The first-order valence-electron chi connectivity index (χ1n) is 8.62. The zero-order valence-electron chi connectivity index (χ0n) is 15.1. The maximum absolute atomic E-state index is 12.0. The van der Waals surface area contributed by atoms with Crippen LogP contribution >= 0.6 is 0 Å². The van der Waals surface area contributed by atoms with Crippen molar-refractivity contribution in [1.82, 2.24) is 20.1 Å². The van der Waals surface area contributed by atoms with Gasteiger partial charge in [0.2, 0.25) is 5.69 Å². The summed E-state index contributed by atoms with van der Waals surface area (Å²) in [6.07, 6.45) is 2.82. The third-order valence-electron chi connectivity index (χ3n) is 4.43. The quantitative estimate of drug-likeness (QED) is 0.735. The molecule has 4 rings (SSSR count). The third-order valence-corrected chi connectivity index (χ3v) is 4.43. The van der Waals surface area contributed by atoms with Crippen molar-refractivity contribution in [3.05, 3.63) is 36.0 Å². The predicted octanol–water partition coefficient (Wildman–Crippen LogP) is 1.11. The van der Waals surface area contributed by atoms with Gasteiger partial charge in [0.05, 0.1) is 0 Å². The standard InChI is InChI=1S/C18H19N7O2/c1-24(2)17(26)12-6-4-11(5-7-12)13-10-20-15(19)14(21-13)16-22-23-18(27-16)25-8-3-9-25/h4-7,10H,3,8-9H2,1-2H3,(H2,19,20)/p+1. The average Bonchev–Trinajstić information content (AvgIpc) is 3.09. The van der Waals surface area contributed by atoms with Gasteiger partial charge in [-0.3, -0.25) is 10.5 Å². The number of aromatic nitrogens is 4. The van der Waals surface area contributed by atoms with Gasteiger partial charge in [0.1, 0.15) is 11.9 Å². The van der Waals surface area contributed by atoms with Crippen LogP contribution in [0, 0.1) is 0 Å². The van der Waals surface area contributed by atoms with E-state index in [0.29, 0.717) is 28.8 Å². The van der Waals surface area contributed by atoms with Crippen LogP contribution in [0.3, 0.4) is 0 Å².